The molecule has 0 unspecified atom stereocenters. The Labute approximate surface area is 142 Å². The third-order valence-electron chi connectivity index (χ3n) is 3.66. The molecule has 1 aliphatic rings. The molecule has 0 radical (unpaired) electrons. The number of furan rings is 1. The number of ether oxygens (including phenoxy) is 1. The summed E-state index contributed by atoms with van der Waals surface area (Å²) < 4.78 is 10.1. The quantitative estimate of drug-likeness (QED) is 0.623. The van der Waals surface area contributed by atoms with E-state index in [9.17, 15) is 19.7 Å². The summed E-state index contributed by atoms with van der Waals surface area (Å²) in [4.78, 5) is 34.6. The fraction of sp³-hybridized carbons (Fsp3) is 0.250. The topological polar surface area (TPSA) is 106 Å². The van der Waals surface area contributed by atoms with Gasteiger partial charge in [-0.2, -0.15) is 0 Å². The maximum atomic E-state index is 12.4. The standard InChI is InChI=1S/C16H15N3O6/c20-15(13-7-8-14(25-13)19(22)23)17-9-4-10-18(17)16(21)24-11-12-5-2-1-3-6-12/h1-3,5-8H,4,9-11H2. The van der Waals surface area contributed by atoms with Gasteiger partial charge in [0.25, 0.3) is 0 Å². The highest BCUT2D eigenvalue weighted by molar-refractivity contribution is 5.93. The highest BCUT2D eigenvalue weighted by Crippen LogP contribution is 2.21. The second-order valence-corrected chi connectivity index (χ2v) is 5.34. The molecule has 9 nitrogen and oxygen atoms in total. The van der Waals surface area contributed by atoms with E-state index >= 15 is 0 Å². The van der Waals surface area contributed by atoms with Crippen LogP contribution in [0, 0.1) is 10.1 Å². The summed E-state index contributed by atoms with van der Waals surface area (Å²) in [6, 6.07) is 11.5. The van der Waals surface area contributed by atoms with Crippen molar-refractivity contribution in [2.75, 3.05) is 13.1 Å². The molecule has 0 N–H and O–H groups in total. The van der Waals surface area contributed by atoms with Crippen molar-refractivity contribution in [3.05, 3.63) is 63.9 Å². The third kappa shape index (κ3) is 3.60. The molecule has 130 valence electrons. The molecular weight excluding hydrogens is 330 g/mol. The van der Waals surface area contributed by atoms with Gasteiger partial charge in [0.2, 0.25) is 5.76 Å². The van der Waals surface area contributed by atoms with E-state index in [0.29, 0.717) is 19.5 Å². The van der Waals surface area contributed by atoms with E-state index in [4.69, 9.17) is 9.15 Å². The van der Waals surface area contributed by atoms with Gasteiger partial charge in [-0.1, -0.05) is 30.3 Å². The predicted molar refractivity (Wildman–Crippen MR) is 84.3 cm³/mol. The van der Waals surface area contributed by atoms with Gasteiger partial charge < -0.3 is 9.15 Å². The summed E-state index contributed by atoms with van der Waals surface area (Å²) in [5.74, 6) is -1.35. The lowest BCUT2D eigenvalue weighted by Gasteiger charge is -2.26. The van der Waals surface area contributed by atoms with Gasteiger partial charge in [0.1, 0.15) is 11.5 Å². The van der Waals surface area contributed by atoms with Crippen LogP contribution in [0.4, 0.5) is 10.7 Å². The minimum Gasteiger partial charge on any atom is -0.443 e. The lowest BCUT2D eigenvalue weighted by atomic mass is 10.2. The van der Waals surface area contributed by atoms with E-state index in [1.807, 2.05) is 30.3 Å². The molecule has 0 bridgehead atoms. The van der Waals surface area contributed by atoms with Crippen LogP contribution in [0.1, 0.15) is 22.5 Å². The predicted octanol–water partition coefficient (Wildman–Crippen LogP) is 2.59. The monoisotopic (exact) mass is 345 g/mol. The zero-order valence-corrected chi connectivity index (χ0v) is 13.2. The maximum Gasteiger partial charge on any atom is 0.433 e. The second kappa shape index (κ2) is 7.04. The zero-order chi connectivity index (χ0) is 17.8. The number of nitrogens with zero attached hydrogens (tertiary/aromatic N) is 3. The van der Waals surface area contributed by atoms with E-state index in [-0.39, 0.29) is 12.4 Å². The number of carbonyl (C=O) groups is 2. The minimum atomic E-state index is -0.730. The van der Waals surface area contributed by atoms with Crippen LogP contribution < -0.4 is 0 Å². The van der Waals surface area contributed by atoms with Gasteiger partial charge in [-0.15, -0.1) is 0 Å². The van der Waals surface area contributed by atoms with Crippen LogP contribution in [-0.2, 0) is 11.3 Å². The molecule has 1 fully saturated rings. The van der Waals surface area contributed by atoms with Gasteiger partial charge in [-0.3, -0.25) is 14.9 Å². The molecule has 3 rings (SSSR count). The maximum absolute atomic E-state index is 12.4. The summed E-state index contributed by atoms with van der Waals surface area (Å²) in [5.41, 5.74) is 0.828. The van der Waals surface area contributed by atoms with Crippen molar-refractivity contribution in [1.82, 2.24) is 10.0 Å². The molecule has 1 aromatic heterocycles. The first-order chi connectivity index (χ1) is 12.1. The second-order valence-electron chi connectivity index (χ2n) is 5.34. The SMILES string of the molecule is O=C(OCc1ccccc1)N1CCCN1C(=O)c1ccc([N+](=O)[O-])o1. The highest BCUT2D eigenvalue weighted by atomic mass is 16.6. The van der Waals surface area contributed by atoms with Crippen molar-refractivity contribution in [3.63, 3.8) is 0 Å². The van der Waals surface area contributed by atoms with Crippen molar-refractivity contribution >= 4 is 17.9 Å². The zero-order valence-electron chi connectivity index (χ0n) is 13.2. The summed E-state index contributed by atoms with van der Waals surface area (Å²) in [5, 5.41) is 13.0. The third-order valence-corrected chi connectivity index (χ3v) is 3.66. The Hall–Kier alpha value is -3.36. The van der Waals surface area contributed by atoms with Gasteiger partial charge in [-0.25, -0.2) is 14.8 Å². The molecule has 0 atom stereocenters. The fourth-order valence-electron chi connectivity index (χ4n) is 2.47. The Bertz CT molecular complexity index is 788. The summed E-state index contributed by atoms with van der Waals surface area (Å²) >= 11 is 0. The molecule has 9 heteroatoms. The van der Waals surface area contributed by atoms with E-state index in [2.05, 4.69) is 0 Å². The first-order valence-electron chi connectivity index (χ1n) is 7.60. The molecule has 1 saturated heterocycles. The Morgan fingerprint density at radius 3 is 2.52 bits per heavy atom. The molecule has 2 aromatic rings. The van der Waals surface area contributed by atoms with Crippen molar-refractivity contribution in [2.45, 2.75) is 13.0 Å². The van der Waals surface area contributed by atoms with Crippen molar-refractivity contribution in [3.8, 4) is 0 Å². The molecule has 1 aromatic carbocycles. The van der Waals surface area contributed by atoms with Crippen LogP contribution in [0.15, 0.2) is 46.9 Å². The molecule has 0 saturated carbocycles. The van der Waals surface area contributed by atoms with Crippen molar-refractivity contribution in [2.24, 2.45) is 0 Å². The molecule has 2 amide bonds. The molecular formula is C16H15N3O6. The molecule has 0 aliphatic carbocycles. The van der Waals surface area contributed by atoms with Crippen molar-refractivity contribution in [1.29, 1.82) is 0 Å². The number of amides is 2. The van der Waals surface area contributed by atoms with E-state index < -0.39 is 22.8 Å². The number of carbonyl (C=O) groups excluding carboxylic acids is 2. The van der Waals surface area contributed by atoms with Crippen LogP contribution in [0.2, 0.25) is 0 Å². The van der Waals surface area contributed by atoms with Crippen molar-refractivity contribution < 1.29 is 23.7 Å². The lowest BCUT2D eigenvalue weighted by Crippen LogP contribution is -2.44. The average molecular weight is 345 g/mol. The average Bonchev–Trinajstić information content (AvgIpc) is 3.29. The van der Waals surface area contributed by atoms with E-state index in [0.717, 1.165) is 11.6 Å². The first-order valence-corrected chi connectivity index (χ1v) is 7.60. The molecule has 2 heterocycles. The molecule has 1 aliphatic heterocycles. The van der Waals surface area contributed by atoms with Crippen LogP contribution in [-0.4, -0.2) is 40.0 Å². The van der Waals surface area contributed by atoms with Gasteiger partial charge in [-0.05, 0) is 18.1 Å². The highest BCUT2D eigenvalue weighted by Gasteiger charge is 2.34. The van der Waals surface area contributed by atoms with Gasteiger partial charge >= 0.3 is 17.9 Å². The lowest BCUT2D eigenvalue weighted by molar-refractivity contribution is -0.402. The number of rotatable bonds is 4. The van der Waals surface area contributed by atoms with E-state index in [1.165, 1.54) is 16.1 Å². The van der Waals surface area contributed by atoms with Crippen LogP contribution >= 0.6 is 0 Å². The number of hydrazine groups is 1. The Morgan fingerprint density at radius 1 is 1.12 bits per heavy atom. The summed E-state index contributed by atoms with van der Waals surface area (Å²) in [6.07, 6.45) is -0.0784. The van der Waals surface area contributed by atoms with Gasteiger partial charge in [0, 0.05) is 13.1 Å². The Balaban J connectivity index is 1.65. The smallest absolute Gasteiger partial charge is 0.433 e. The first kappa shape index (κ1) is 16.5. The van der Waals surface area contributed by atoms with E-state index in [1.54, 1.807) is 0 Å². The normalized spacial score (nSPS) is 13.8. The molecule has 25 heavy (non-hydrogen) atoms. The number of hydrogen-bond acceptors (Lipinski definition) is 6. The fourth-order valence-corrected chi connectivity index (χ4v) is 2.47. The van der Waals surface area contributed by atoms with Crippen LogP contribution in [0.25, 0.3) is 0 Å². The largest absolute Gasteiger partial charge is 0.443 e. The van der Waals surface area contributed by atoms with Crippen LogP contribution in [0.3, 0.4) is 0 Å². The Kier molecular flexibility index (Phi) is 4.64. The number of hydrogen-bond donors (Lipinski definition) is 0. The minimum absolute atomic E-state index is 0.0877. The van der Waals surface area contributed by atoms with Crippen LogP contribution in [0.5, 0.6) is 0 Å². The Morgan fingerprint density at radius 2 is 1.84 bits per heavy atom. The summed E-state index contributed by atoms with van der Waals surface area (Å²) in [7, 11) is 0. The molecule has 0 spiro atoms. The number of nitro groups is 1. The number of benzene rings is 1. The van der Waals surface area contributed by atoms with Gasteiger partial charge in [0.15, 0.2) is 0 Å². The van der Waals surface area contributed by atoms with Gasteiger partial charge in [0.05, 0.1) is 6.07 Å². The summed E-state index contributed by atoms with van der Waals surface area (Å²) in [6.45, 7) is 0.709.